The topological polar surface area (TPSA) is 22.0 Å². The van der Waals surface area contributed by atoms with Gasteiger partial charge in [-0.3, -0.25) is 9.36 Å². The highest BCUT2D eigenvalue weighted by molar-refractivity contribution is 6.10. The van der Waals surface area contributed by atoms with Crippen LogP contribution in [0.15, 0.2) is 48.5 Å². The van der Waals surface area contributed by atoms with Gasteiger partial charge in [-0.1, -0.05) is 36.4 Å². The average molecular weight is 195 g/mol. The number of nitrogens with zero attached hydrogens (tertiary/aromatic N) is 1. The molecule has 0 N–H and O–H groups in total. The molecule has 0 fully saturated rings. The van der Waals surface area contributed by atoms with Gasteiger partial charge in [-0.05, 0) is 12.1 Å². The third kappa shape index (κ3) is 1.02. The summed E-state index contributed by atoms with van der Waals surface area (Å²) in [4.78, 5) is 11.1. The Bertz CT molecular complexity index is 598. The first-order valence-corrected chi connectivity index (χ1v) is 4.85. The predicted octanol–water partition coefficient (Wildman–Crippen LogP) is 2.83. The lowest BCUT2D eigenvalue weighted by atomic mass is 10.2. The van der Waals surface area contributed by atoms with Crippen LogP contribution < -0.4 is 0 Å². The number of hydrogen-bond acceptors (Lipinski definition) is 1. The summed E-state index contributed by atoms with van der Waals surface area (Å²) < 4.78 is 1.69. The van der Waals surface area contributed by atoms with Crippen LogP contribution in [0.1, 0.15) is 0 Å². The van der Waals surface area contributed by atoms with Crippen LogP contribution in [0.5, 0.6) is 0 Å². The number of aromatic nitrogens is 1. The summed E-state index contributed by atoms with van der Waals surface area (Å²) >= 11 is 0. The first-order valence-electron chi connectivity index (χ1n) is 4.85. The van der Waals surface area contributed by atoms with Crippen molar-refractivity contribution in [2.75, 3.05) is 0 Å². The Hall–Kier alpha value is -2.09. The van der Waals surface area contributed by atoms with Gasteiger partial charge < -0.3 is 0 Å². The molecule has 1 heterocycles. The van der Waals surface area contributed by atoms with Crippen molar-refractivity contribution < 1.29 is 4.79 Å². The summed E-state index contributed by atoms with van der Waals surface area (Å²) in [6.07, 6.45) is 0.866. The largest absolute Gasteiger partial charge is 0.282 e. The van der Waals surface area contributed by atoms with Gasteiger partial charge in [0.05, 0.1) is 11.0 Å². The molecule has 2 heteroatoms. The third-order valence-electron chi connectivity index (χ3n) is 2.72. The summed E-state index contributed by atoms with van der Waals surface area (Å²) in [5, 5.41) is 2.25. The van der Waals surface area contributed by atoms with Crippen LogP contribution in [0.3, 0.4) is 0 Å². The lowest BCUT2D eigenvalue weighted by Gasteiger charge is -1.94. The van der Waals surface area contributed by atoms with Gasteiger partial charge in [0.1, 0.15) is 0 Å². The lowest BCUT2D eigenvalue weighted by Crippen LogP contribution is -1.92. The van der Waals surface area contributed by atoms with Crippen molar-refractivity contribution in [3.8, 4) is 0 Å². The monoisotopic (exact) mass is 195 g/mol. The van der Waals surface area contributed by atoms with E-state index in [1.807, 2.05) is 48.5 Å². The molecule has 1 aromatic heterocycles. The molecular formula is C13H9NO. The molecule has 0 aliphatic carbocycles. The highest BCUT2D eigenvalue weighted by atomic mass is 16.1. The van der Waals surface area contributed by atoms with Gasteiger partial charge in [0.25, 0.3) is 0 Å². The molecule has 0 radical (unpaired) electrons. The Kier molecular flexibility index (Phi) is 1.62. The first-order chi connectivity index (χ1) is 7.42. The van der Waals surface area contributed by atoms with Crippen molar-refractivity contribution in [1.82, 2.24) is 4.57 Å². The zero-order chi connectivity index (χ0) is 10.3. The molecule has 0 aliphatic rings. The molecule has 15 heavy (non-hydrogen) atoms. The molecule has 0 aliphatic heterocycles. The van der Waals surface area contributed by atoms with Crippen molar-refractivity contribution in [3.05, 3.63) is 48.5 Å². The number of carbonyl (C=O) groups is 1. The highest BCUT2D eigenvalue weighted by Crippen LogP contribution is 2.27. The minimum absolute atomic E-state index is 0.866. The first kappa shape index (κ1) is 8.24. The van der Waals surface area contributed by atoms with Crippen LogP contribution in [0.25, 0.3) is 21.8 Å². The van der Waals surface area contributed by atoms with Gasteiger partial charge in [0, 0.05) is 10.8 Å². The highest BCUT2D eigenvalue weighted by Gasteiger charge is 2.07. The molecule has 0 spiro atoms. The minimum atomic E-state index is 0.866. The SMILES string of the molecule is O=Cn1c2ccccc2c2ccccc21. The second kappa shape index (κ2) is 2.95. The maximum absolute atomic E-state index is 11.1. The number of carbonyl (C=O) groups excluding carboxylic acids is 1. The molecule has 0 bridgehead atoms. The number of para-hydroxylation sites is 2. The molecular weight excluding hydrogens is 186 g/mol. The smallest absolute Gasteiger partial charge is 0.218 e. The van der Waals surface area contributed by atoms with Crippen LogP contribution in [0, 0.1) is 0 Å². The maximum Gasteiger partial charge on any atom is 0.218 e. The van der Waals surface area contributed by atoms with Crippen LogP contribution in [0.2, 0.25) is 0 Å². The van der Waals surface area contributed by atoms with E-state index in [1.165, 1.54) is 0 Å². The Balaban J connectivity index is 2.68. The zero-order valence-electron chi connectivity index (χ0n) is 8.05. The van der Waals surface area contributed by atoms with Crippen LogP contribution in [-0.2, 0) is 4.79 Å². The standard InChI is InChI=1S/C13H9NO/c15-9-14-12-7-3-1-5-10(12)11-6-2-4-8-13(11)14/h1-9H. The maximum atomic E-state index is 11.1. The Morgan fingerprint density at radius 1 is 0.800 bits per heavy atom. The summed E-state index contributed by atoms with van der Waals surface area (Å²) in [6.45, 7) is 0. The molecule has 3 aromatic rings. The fourth-order valence-electron chi connectivity index (χ4n) is 2.07. The summed E-state index contributed by atoms with van der Waals surface area (Å²) in [5.74, 6) is 0. The third-order valence-corrected chi connectivity index (χ3v) is 2.72. The number of rotatable bonds is 1. The molecule has 2 nitrogen and oxygen atoms in total. The minimum Gasteiger partial charge on any atom is -0.282 e. The fourth-order valence-corrected chi connectivity index (χ4v) is 2.07. The fraction of sp³-hybridized carbons (Fsp3) is 0. The van der Waals surface area contributed by atoms with E-state index in [-0.39, 0.29) is 0 Å². The number of benzene rings is 2. The van der Waals surface area contributed by atoms with E-state index in [0.29, 0.717) is 0 Å². The van der Waals surface area contributed by atoms with Gasteiger partial charge in [0.15, 0.2) is 0 Å². The average Bonchev–Trinajstić information content (AvgIpc) is 2.63. The van der Waals surface area contributed by atoms with E-state index >= 15 is 0 Å². The summed E-state index contributed by atoms with van der Waals surface area (Å²) in [5.41, 5.74) is 1.93. The Labute approximate surface area is 86.7 Å². The Morgan fingerprint density at radius 2 is 1.27 bits per heavy atom. The summed E-state index contributed by atoms with van der Waals surface area (Å²) in [7, 11) is 0. The molecule has 0 saturated carbocycles. The van der Waals surface area contributed by atoms with E-state index in [0.717, 1.165) is 28.2 Å². The molecule has 72 valence electrons. The molecule has 0 unspecified atom stereocenters. The van der Waals surface area contributed by atoms with Crippen molar-refractivity contribution in [3.63, 3.8) is 0 Å². The molecule has 0 atom stereocenters. The molecule has 2 aromatic carbocycles. The van der Waals surface area contributed by atoms with Crippen molar-refractivity contribution >= 4 is 28.2 Å². The quantitative estimate of drug-likeness (QED) is 0.547. The van der Waals surface area contributed by atoms with E-state index in [2.05, 4.69) is 0 Å². The number of hydrogen-bond donors (Lipinski definition) is 0. The Morgan fingerprint density at radius 3 is 1.73 bits per heavy atom. The molecule has 0 saturated heterocycles. The van der Waals surface area contributed by atoms with Gasteiger partial charge in [0.2, 0.25) is 6.41 Å². The molecule has 0 amide bonds. The van der Waals surface area contributed by atoms with Gasteiger partial charge >= 0.3 is 0 Å². The van der Waals surface area contributed by atoms with E-state index in [1.54, 1.807) is 4.57 Å². The van der Waals surface area contributed by atoms with Gasteiger partial charge in [-0.2, -0.15) is 0 Å². The van der Waals surface area contributed by atoms with Crippen molar-refractivity contribution in [1.29, 1.82) is 0 Å². The van der Waals surface area contributed by atoms with Crippen molar-refractivity contribution in [2.24, 2.45) is 0 Å². The van der Waals surface area contributed by atoms with E-state index < -0.39 is 0 Å². The van der Waals surface area contributed by atoms with Gasteiger partial charge in [-0.15, -0.1) is 0 Å². The molecule has 3 rings (SSSR count). The lowest BCUT2D eigenvalue weighted by molar-refractivity contribution is 0.550. The van der Waals surface area contributed by atoms with Crippen LogP contribution >= 0.6 is 0 Å². The normalized spacial score (nSPS) is 10.9. The van der Waals surface area contributed by atoms with Crippen LogP contribution in [-0.4, -0.2) is 11.0 Å². The van der Waals surface area contributed by atoms with Gasteiger partial charge in [-0.25, -0.2) is 0 Å². The second-order valence-electron chi connectivity index (χ2n) is 3.51. The van der Waals surface area contributed by atoms with E-state index in [9.17, 15) is 4.79 Å². The van der Waals surface area contributed by atoms with Crippen molar-refractivity contribution in [2.45, 2.75) is 0 Å². The number of fused-ring (bicyclic) bond motifs is 3. The summed E-state index contributed by atoms with van der Waals surface area (Å²) in [6, 6.07) is 15.9. The van der Waals surface area contributed by atoms with Crippen LogP contribution in [0.4, 0.5) is 0 Å². The predicted molar refractivity (Wildman–Crippen MR) is 61.6 cm³/mol. The van der Waals surface area contributed by atoms with E-state index in [4.69, 9.17) is 0 Å². The zero-order valence-corrected chi connectivity index (χ0v) is 8.05. The second-order valence-corrected chi connectivity index (χ2v) is 3.51.